The second-order valence-electron chi connectivity index (χ2n) is 7.71. The zero-order valence-electron chi connectivity index (χ0n) is 18.4. The van der Waals surface area contributed by atoms with Crippen LogP contribution in [0, 0.1) is 0 Å². The normalized spacial score (nSPS) is 15.3. The Morgan fingerprint density at radius 1 is 1.17 bits per heavy atom. The lowest BCUT2D eigenvalue weighted by molar-refractivity contribution is 0.0652. The molecule has 0 bridgehead atoms. The summed E-state index contributed by atoms with van der Waals surface area (Å²) in [6.45, 7) is 8.30. The number of ether oxygens (including phenoxy) is 1. The molecule has 0 aliphatic carbocycles. The maximum Gasteiger partial charge on any atom is 0.191 e. The summed E-state index contributed by atoms with van der Waals surface area (Å²) in [7, 11) is 0. The molecule has 0 amide bonds. The number of hydrogen-bond donors (Lipinski definition) is 2. The number of hydrogen-bond acceptors (Lipinski definition) is 4. The summed E-state index contributed by atoms with van der Waals surface area (Å²) in [6, 6.07) is 10.3. The van der Waals surface area contributed by atoms with Gasteiger partial charge in [0.1, 0.15) is 11.6 Å². The zero-order chi connectivity index (χ0) is 21.0. The van der Waals surface area contributed by atoms with Gasteiger partial charge in [0.05, 0.1) is 6.10 Å². The summed E-state index contributed by atoms with van der Waals surface area (Å²) < 4.78 is 8.24. The van der Waals surface area contributed by atoms with E-state index in [1.54, 1.807) is 0 Å². The third kappa shape index (κ3) is 6.83. The quantitative estimate of drug-likeness (QED) is 0.356. The second kappa shape index (κ2) is 12.3. The highest BCUT2D eigenvalue weighted by atomic mass is 16.5. The van der Waals surface area contributed by atoms with Crippen LogP contribution < -0.4 is 10.6 Å². The molecule has 0 fully saturated rings. The predicted octanol–water partition coefficient (Wildman–Crippen LogP) is 3.27. The Balaban J connectivity index is 1.39. The van der Waals surface area contributed by atoms with Gasteiger partial charge in [0.15, 0.2) is 5.96 Å². The van der Waals surface area contributed by atoms with Gasteiger partial charge in [0, 0.05) is 45.6 Å². The maximum atomic E-state index is 5.93. The smallest absolute Gasteiger partial charge is 0.191 e. The summed E-state index contributed by atoms with van der Waals surface area (Å²) in [4.78, 5) is 4.68. The van der Waals surface area contributed by atoms with Crippen molar-refractivity contribution in [3.05, 3.63) is 47.5 Å². The predicted molar refractivity (Wildman–Crippen MR) is 121 cm³/mol. The van der Waals surface area contributed by atoms with Crippen molar-refractivity contribution in [2.24, 2.45) is 4.99 Å². The second-order valence-corrected chi connectivity index (χ2v) is 7.71. The molecule has 1 aromatic carbocycles. The summed E-state index contributed by atoms with van der Waals surface area (Å²) in [5.74, 6) is 3.08. The molecule has 0 radical (unpaired) electrons. The number of nitrogens with zero attached hydrogens (tertiary/aromatic N) is 4. The molecular weight excluding hydrogens is 376 g/mol. The molecule has 1 unspecified atom stereocenters. The number of guanidine groups is 1. The molecular formula is C23H36N6O. The first-order valence-electron chi connectivity index (χ1n) is 11.4. The molecule has 3 rings (SSSR count). The van der Waals surface area contributed by atoms with E-state index in [1.807, 2.05) is 18.2 Å². The van der Waals surface area contributed by atoms with E-state index >= 15 is 0 Å². The topological polar surface area (TPSA) is 76.4 Å². The molecule has 1 aliphatic heterocycles. The van der Waals surface area contributed by atoms with Crippen molar-refractivity contribution < 1.29 is 4.74 Å². The van der Waals surface area contributed by atoms with Gasteiger partial charge in [0.2, 0.25) is 0 Å². The van der Waals surface area contributed by atoms with Gasteiger partial charge >= 0.3 is 0 Å². The van der Waals surface area contributed by atoms with Crippen molar-refractivity contribution in [1.29, 1.82) is 0 Å². The number of aliphatic imine (C=N–C) groups is 1. The number of benzene rings is 1. The van der Waals surface area contributed by atoms with Gasteiger partial charge in [-0.3, -0.25) is 4.99 Å². The zero-order valence-corrected chi connectivity index (χ0v) is 18.4. The van der Waals surface area contributed by atoms with Crippen LogP contribution in [-0.4, -0.2) is 47.0 Å². The van der Waals surface area contributed by atoms with E-state index in [0.717, 1.165) is 63.0 Å². The van der Waals surface area contributed by atoms with Crippen LogP contribution in [0.2, 0.25) is 0 Å². The Morgan fingerprint density at radius 2 is 2.03 bits per heavy atom. The fraction of sp³-hybridized carbons (Fsp3) is 0.609. The summed E-state index contributed by atoms with van der Waals surface area (Å²) in [6.07, 6.45) is 6.64. The van der Waals surface area contributed by atoms with Gasteiger partial charge in [-0.2, -0.15) is 0 Å². The van der Waals surface area contributed by atoms with E-state index in [-0.39, 0.29) is 6.10 Å². The minimum absolute atomic E-state index is 0.111. The van der Waals surface area contributed by atoms with Crippen LogP contribution in [0.15, 0.2) is 35.3 Å². The van der Waals surface area contributed by atoms with Gasteiger partial charge in [-0.25, -0.2) is 0 Å². The van der Waals surface area contributed by atoms with Crippen molar-refractivity contribution in [1.82, 2.24) is 25.4 Å². The molecule has 1 aliphatic rings. The molecule has 0 saturated carbocycles. The van der Waals surface area contributed by atoms with Crippen molar-refractivity contribution >= 4 is 5.96 Å². The van der Waals surface area contributed by atoms with Crippen LogP contribution in [-0.2, 0) is 24.1 Å². The standard InChI is InChI=1S/C23H36N6O/c1-3-24-23(25-15-10-18-30-19(2)20-11-6-4-7-12-20)26-16-14-22-28-27-21-13-8-5-9-17-29(21)22/h4,6-7,11-12,19H,3,5,8-10,13-18H2,1-2H3,(H2,24,25,26). The first-order chi connectivity index (χ1) is 14.8. The minimum Gasteiger partial charge on any atom is -0.374 e. The highest BCUT2D eigenvalue weighted by Gasteiger charge is 2.14. The summed E-state index contributed by atoms with van der Waals surface area (Å²) in [5.41, 5.74) is 1.21. The first-order valence-corrected chi connectivity index (χ1v) is 11.4. The van der Waals surface area contributed by atoms with Crippen LogP contribution in [0.1, 0.15) is 62.8 Å². The third-order valence-corrected chi connectivity index (χ3v) is 5.38. The van der Waals surface area contributed by atoms with E-state index in [0.29, 0.717) is 6.61 Å². The van der Waals surface area contributed by atoms with Crippen molar-refractivity contribution in [2.75, 3.05) is 26.2 Å². The molecule has 7 heteroatoms. The first kappa shape index (κ1) is 22.3. The molecule has 2 aromatic rings. The largest absolute Gasteiger partial charge is 0.374 e. The molecule has 1 aromatic heterocycles. The molecule has 30 heavy (non-hydrogen) atoms. The Morgan fingerprint density at radius 3 is 2.87 bits per heavy atom. The molecule has 164 valence electrons. The third-order valence-electron chi connectivity index (χ3n) is 5.38. The Labute approximate surface area is 180 Å². The average molecular weight is 413 g/mol. The molecule has 0 saturated heterocycles. The van der Waals surface area contributed by atoms with Crippen molar-refractivity contribution in [3.63, 3.8) is 0 Å². The van der Waals surface area contributed by atoms with Crippen molar-refractivity contribution in [2.45, 2.75) is 65.0 Å². The fourth-order valence-electron chi connectivity index (χ4n) is 3.70. The van der Waals surface area contributed by atoms with Crippen LogP contribution >= 0.6 is 0 Å². The summed E-state index contributed by atoms with van der Waals surface area (Å²) >= 11 is 0. The number of aryl methyl sites for hydroxylation is 1. The van der Waals surface area contributed by atoms with E-state index in [1.165, 1.54) is 24.8 Å². The highest BCUT2D eigenvalue weighted by molar-refractivity contribution is 5.79. The summed E-state index contributed by atoms with van der Waals surface area (Å²) in [5, 5.41) is 15.5. The van der Waals surface area contributed by atoms with E-state index in [2.05, 4.69) is 56.4 Å². The number of nitrogens with one attached hydrogen (secondary N) is 2. The average Bonchev–Trinajstić information content (AvgIpc) is 3.00. The SMILES string of the molecule is CCNC(=NCCCOC(C)c1ccccc1)NCCc1nnc2n1CCCCC2. The molecule has 1 atom stereocenters. The molecule has 0 spiro atoms. The monoisotopic (exact) mass is 412 g/mol. The van der Waals surface area contributed by atoms with Crippen LogP contribution in [0.4, 0.5) is 0 Å². The molecule has 2 N–H and O–H groups in total. The van der Waals surface area contributed by atoms with E-state index in [9.17, 15) is 0 Å². The van der Waals surface area contributed by atoms with Crippen molar-refractivity contribution in [3.8, 4) is 0 Å². The maximum absolute atomic E-state index is 5.93. The molecule has 7 nitrogen and oxygen atoms in total. The number of fused-ring (bicyclic) bond motifs is 1. The lowest BCUT2D eigenvalue weighted by Gasteiger charge is -2.14. The molecule has 2 heterocycles. The van der Waals surface area contributed by atoms with E-state index in [4.69, 9.17) is 4.74 Å². The highest BCUT2D eigenvalue weighted by Crippen LogP contribution is 2.16. The van der Waals surface area contributed by atoms with Gasteiger partial charge in [-0.05, 0) is 38.7 Å². The van der Waals surface area contributed by atoms with Crippen LogP contribution in [0.3, 0.4) is 0 Å². The lowest BCUT2D eigenvalue weighted by Crippen LogP contribution is -2.38. The van der Waals surface area contributed by atoms with Gasteiger partial charge in [0.25, 0.3) is 0 Å². The lowest BCUT2D eigenvalue weighted by atomic mass is 10.1. The van der Waals surface area contributed by atoms with Crippen LogP contribution in [0.25, 0.3) is 0 Å². The number of aromatic nitrogens is 3. The Kier molecular flexibility index (Phi) is 9.15. The Hall–Kier alpha value is -2.41. The van der Waals surface area contributed by atoms with Gasteiger partial charge < -0.3 is 19.9 Å². The number of rotatable bonds is 10. The van der Waals surface area contributed by atoms with Gasteiger partial charge in [-0.15, -0.1) is 10.2 Å². The van der Waals surface area contributed by atoms with Gasteiger partial charge in [-0.1, -0.05) is 36.8 Å². The Bertz CT molecular complexity index is 773. The fourth-order valence-corrected chi connectivity index (χ4v) is 3.70. The minimum atomic E-state index is 0.111. The van der Waals surface area contributed by atoms with Crippen LogP contribution in [0.5, 0.6) is 0 Å². The van der Waals surface area contributed by atoms with E-state index < -0.39 is 0 Å².